The minimum absolute atomic E-state index is 0.0209. The Bertz CT molecular complexity index is 902. The van der Waals surface area contributed by atoms with E-state index in [0.717, 1.165) is 32.1 Å². The van der Waals surface area contributed by atoms with Gasteiger partial charge < -0.3 is 18.9 Å². The number of hydrogen-bond acceptors (Lipinski definition) is 7. The zero-order valence-electron chi connectivity index (χ0n) is 32.2. The lowest BCUT2D eigenvalue weighted by Gasteiger charge is -2.24. The SMILES string of the molecule is CCCCCCCCCCCCC/C=C/C=C/C(=O)OC[C@@H](COP(=O)(O)OCC[N+](C)(C)C)OC(=O)CCCCCCCCCCCC. The quantitative estimate of drug-likeness (QED) is 0.0172. The van der Waals surface area contributed by atoms with Crippen LogP contribution in [0.1, 0.15) is 162 Å². The van der Waals surface area contributed by atoms with E-state index in [4.69, 9.17) is 18.5 Å². The molecule has 49 heavy (non-hydrogen) atoms. The zero-order chi connectivity index (χ0) is 36.5. The Kier molecular flexibility index (Phi) is 31.4. The average molecular weight is 717 g/mol. The predicted molar refractivity (Wildman–Crippen MR) is 201 cm³/mol. The third-order valence-electron chi connectivity index (χ3n) is 8.34. The molecule has 1 N–H and O–H groups in total. The topological polar surface area (TPSA) is 108 Å². The van der Waals surface area contributed by atoms with E-state index >= 15 is 0 Å². The second-order valence-electron chi connectivity index (χ2n) is 14.4. The first-order chi connectivity index (χ1) is 23.5. The Morgan fingerprint density at radius 3 is 1.67 bits per heavy atom. The minimum Gasteiger partial charge on any atom is -0.458 e. The molecule has 1 unspecified atom stereocenters. The minimum atomic E-state index is -4.38. The number of rotatable bonds is 35. The number of unbranched alkanes of at least 4 members (excludes halogenated alkanes) is 20. The van der Waals surface area contributed by atoms with Crippen molar-refractivity contribution in [2.45, 2.75) is 168 Å². The molecule has 0 heterocycles. The first-order valence-corrected chi connectivity index (χ1v) is 21.1. The highest BCUT2D eigenvalue weighted by atomic mass is 31.2. The van der Waals surface area contributed by atoms with Crippen molar-refractivity contribution in [3.63, 3.8) is 0 Å². The fourth-order valence-electron chi connectivity index (χ4n) is 5.22. The highest BCUT2D eigenvalue weighted by Gasteiger charge is 2.26. The number of esters is 2. The monoisotopic (exact) mass is 717 g/mol. The molecule has 0 saturated heterocycles. The van der Waals surface area contributed by atoms with E-state index in [9.17, 15) is 19.0 Å². The van der Waals surface area contributed by atoms with Crippen LogP contribution in [-0.2, 0) is 32.7 Å². The second kappa shape index (κ2) is 32.4. The van der Waals surface area contributed by atoms with Gasteiger partial charge in [0.25, 0.3) is 0 Å². The van der Waals surface area contributed by atoms with E-state index in [2.05, 4.69) is 13.8 Å². The fourth-order valence-corrected chi connectivity index (χ4v) is 5.96. The van der Waals surface area contributed by atoms with Crippen molar-refractivity contribution in [3.05, 3.63) is 24.3 Å². The molecule has 0 radical (unpaired) electrons. The number of phosphoric ester groups is 1. The third kappa shape index (κ3) is 36.1. The number of hydrogen-bond donors (Lipinski definition) is 1. The van der Waals surface area contributed by atoms with Gasteiger partial charge in [-0.15, -0.1) is 0 Å². The summed E-state index contributed by atoms with van der Waals surface area (Å²) in [5, 5.41) is 0. The van der Waals surface area contributed by atoms with Crippen LogP contribution in [-0.4, -0.2) is 74.9 Å². The summed E-state index contributed by atoms with van der Waals surface area (Å²) in [5.41, 5.74) is 0. The van der Waals surface area contributed by atoms with E-state index in [-0.39, 0.29) is 19.6 Å². The summed E-state index contributed by atoms with van der Waals surface area (Å²) in [6.07, 6.45) is 32.9. The second-order valence-corrected chi connectivity index (χ2v) is 15.9. The van der Waals surface area contributed by atoms with Gasteiger partial charge in [-0.05, 0) is 19.3 Å². The Morgan fingerprint density at radius 2 is 1.16 bits per heavy atom. The number of allylic oxidation sites excluding steroid dienone is 3. The molecule has 0 rings (SSSR count). The molecule has 0 aliphatic rings. The molecule has 0 saturated carbocycles. The van der Waals surface area contributed by atoms with Crippen LogP contribution in [0.3, 0.4) is 0 Å². The highest BCUT2D eigenvalue weighted by Crippen LogP contribution is 2.43. The Labute approximate surface area is 300 Å². The molecule has 288 valence electrons. The summed E-state index contributed by atoms with van der Waals surface area (Å²) in [6, 6.07) is 0. The number of nitrogens with zero attached hydrogens (tertiary/aromatic N) is 1. The van der Waals surface area contributed by atoms with Crippen molar-refractivity contribution in [1.82, 2.24) is 0 Å². The van der Waals surface area contributed by atoms with Crippen LogP contribution in [0.2, 0.25) is 0 Å². The third-order valence-corrected chi connectivity index (χ3v) is 9.32. The van der Waals surface area contributed by atoms with Crippen LogP contribution in [0.15, 0.2) is 24.3 Å². The van der Waals surface area contributed by atoms with Crippen LogP contribution in [0.25, 0.3) is 0 Å². The van der Waals surface area contributed by atoms with Crippen LogP contribution < -0.4 is 0 Å². The zero-order valence-corrected chi connectivity index (χ0v) is 33.1. The average Bonchev–Trinajstić information content (AvgIpc) is 3.04. The van der Waals surface area contributed by atoms with Gasteiger partial charge in [0.05, 0.1) is 27.7 Å². The molecule has 0 aromatic rings. The molecular weight excluding hydrogens is 641 g/mol. The van der Waals surface area contributed by atoms with Crippen molar-refractivity contribution < 1.29 is 42.1 Å². The number of likely N-dealkylation sites (N-methyl/N-ethyl adjacent to an activating group) is 1. The highest BCUT2D eigenvalue weighted by molar-refractivity contribution is 7.47. The van der Waals surface area contributed by atoms with Gasteiger partial charge >= 0.3 is 19.8 Å². The smallest absolute Gasteiger partial charge is 0.458 e. The first kappa shape index (κ1) is 47.5. The Hall–Kier alpha value is -1.51. The van der Waals surface area contributed by atoms with E-state index in [1.807, 2.05) is 33.3 Å². The van der Waals surface area contributed by atoms with Gasteiger partial charge in [-0.2, -0.15) is 0 Å². The van der Waals surface area contributed by atoms with Gasteiger partial charge in [0.1, 0.15) is 19.8 Å². The van der Waals surface area contributed by atoms with E-state index < -0.39 is 32.5 Å². The molecule has 0 aromatic heterocycles. The summed E-state index contributed by atoms with van der Waals surface area (Å²) in [6.45, 7) is 4.27. The molecular formula is C39H75NO8P+. The largest absolute Gasteiger partial charge is 0.472 e. The van der Waals surface area contributed by atoms with Gasteiger partial charge in [-0.1, -0.05) is 154 Å². The van der Waals surface area contributed by atoms with Crippen LogP contribution >= 0.6 is 7.82 Å². The van der Waals surface area contributed by atoms with Gasteiger partial charge in [-0.3, -0.25) is 13.8 Å². The maximum absolute atomic E-state index is 12.6. The molecule has 0 spiro atoms. The number of ether oxygens (including phenoxy) is 2. The molecule has 2 atom stereocenters. The van der Waals surface area contributed by atoms with E-state index in [1.165, 1.54) is 109 Å². The summed E-state index contributed by atoms with van der Waals surface area (Å²) >= 11 is 0. The summed E-state index contributed by atoms with van der Waals surface area (Å²) < 4.78 is 33.9. The van der Waals surface area contributed by atoms with Crippen LogP contribution in [0.5, 0.6) is 0 Å². The van der Waals surface area contributed by atoms with Gasteiger partial charge in [0.15, 0.2) is 6.10 Å². The van der Waals surface area contributed by atoms with Crippen LogP contribution in [0.4, 0.5) is 0 Å². The van der Waals surface area contributed by atoms with Crippen molar-refractivity contribution in [2.24, 2.45) is 0 Å². The summed E-state index contributed by atoms with van der Waals surface area (Å²) in [7, 11) is 1.44. The van der Waals surface area contributed by atoms with E-state index in [1.54, 1.807) is 6.08 Å². The van der Waals surface area contributed by atoms with Crippen molar-refractivity contribution in [2.75, 3.05) is 47.5 Å². The number of carbonyl (C=O) groups is 2. The normalized spacial score (nSPS) is 14.0. The molecule has 9 nitrogen and oxygen atoms in total. The molecule has 0 bridgehead atoms. The maximum Gasteiger partial charge on any atom is 0.472 e. The molecule has 0 fully saturated rings. The molecule has 10 heteroatoms. The van der Waals surface area contributed by atoms with Gasteiger partial charge in [-0.25, -0.2) is 9.36 Å². The summed E-state index contributed by atoms with van der Waals surface area (Å²) in [4.78, 5) is 35.0. The number of phosphoric acid groups is 1. The first-order valence-electron chi connectivity index (χ1n) is 19.6. The fraction of sp³-hybridized carbons (Fsp3) is 0.846. The van der Waals surface area contributed by atoms with Crippen LogP contribution in [0, 0.1) is 0 Å². The molecule has 0 aromatic carbocycles. The Balaban J connectivity index is 4.51. The van der Waals surface area contributed by atoms with Gasteiger partial charge in [0.2, 0.25) is 0 Å². The maximum atomic E-state index is 12.6. The number of quaternary nitrogens is 1. The summed E-state index contributed by atoms with van der Waals surface area (Å²) in [5.74, 6) is -1.05. The van der Waals surface area contributed by atoms with Crippen molar-refractivity contribution in [1.29, 1.82) is 0 Å². The van der Waals surface area contributed by atoms with Crippen molar-refractivity contribution >= 4 is 19.8 Å². The lowest BCUT2D eigenvalue weighted by molar-refractivity contribution is -0.870. The van der Waals surface area contributed by atoms with Crippen molar-refractivity contribution in [3.8, 4) is 0 Å². The lowest BCUT2D eigenvalue weighted by atomic mass is 10.1. The molecule has 0 aliphatic carbocycles. The number of carbonyl (C=O) groups excluding carboxylic acids is 2. The van der Waals surface area contributed by atoms with E-state index in [0.29, 0.717) is 17.4 Å². The lowest BCUT2D eigenvalue weighted by Crippen LogP contribution is -2.37. The van der Waals surface area contributed by atoms with Gasteiger partial charge in [0, 0.05) is 12.5 Å². The Morgan fingerprint density at radius 1 is 0.673 bits per heavy atom. The molecule has 0 amide bonds. The predicted octanol–water partition coefficient (Wildman–Crippen LogP) is 10.4. The molecule has 0 aliphatic heterocycles. The standard InChI is InChI=1S/C39H74NO8P/c1-6-8-10-12-14-16-18-19-20-21-22-24-25-27-29-31-38(41)45-35-37(36-47-49(43,44)46-34-33-40(3,4)5)48-39(42)32-30-28-26-23-17-15-13-11-9-7-2/h25,27,29,31,37H,6-24,26,28,30,32-36H2,1-5H3/p+1/b27-25+,31-29+/t37-/m0/s1.